The molecule has 3 heteroatoms. The Bertz CT molecular complexity index is 228. The minimum atomic E-state index is 0.274. The molecule has 2 nitrogen and oxygen atoms in total. The first-order valence-corrected chi connectivity index (χ1v) is 7.10. The van der Waals surface area contributed by atoms with Crippen molar-refractivity contribution >= 4 is 21.8 Å². The molecule has 0 aromatic rings. The van der Waals surface area contributed by atoms with E-state index >= 15 is 0 Å². The van der Waals surface area contributed by atoms with Gasteiger partial charge in [0.15, 0.2) is 0 Å². The molecule has 0 bridgehead atoms. The molecule has 0 heterocycles. The van der Waals surface area contributed by atoms with E-state index in [1.807, 2.05) is 0 Å². The fourth-order valence-corrected chi connectivity index (χ4v) is 3.19. The Morgan fingerprint density at radius 1 is 1.13 bits per heavy atom. The van der Waals surface area contributed by atoms with Gasteiger partial charge in [0.1, 0.15) is 0 Å². The molecule has 2 fully saturated rings. The van der Waals surface area contributed by atoms with Crippen molar-refractivity contribution in [3.8, 4) is 0 Å². The summed E-state index contributed by atoms with van der Waals surface area (Å²) < 4.78 is 0. The Kier molecular flexibility index (Phi) is 4.06. The Labute approximate surface area is 100 Å². The molecule has 2 atom stereocenters. The van der Waals surface area contributed by atoms with Gasteiger partial charge in [-0.2, -0.15) is 0 Å². The summed E-state index contributed by atoms with van der Waals surface area (Å²) in [5.41, 5.74) is 0. The zero-order valence-corrected chi connectivity index (χ0v) is 10.8. The highest BCUT2D eigenvalue weighted by molar-refractivity contribution is 9.09. The zero-order valence-electron chi connectivity index (χ0n) is 9.18. The molecule has 1 amide bonds. The second-order valence-corrected chi connectivity index (χ2v) is 6.15. The molecule has 0 saturated heterocycles. The monoisotopic (exact) mass is 273 g/mol. The largest absolute Gasteiger partial charge is 0.352 e. The van der Waals surface area contributed by atoms with Gasteiger partial charge in [0.25, 0.3) is 0 Å². The van der Waals surface area contributed by atoms with Crippen LogP contribution in [0.25, 0.3) is 0 Å². The first-order valence-electron chi connectivity index (χ1n) is 6.19. The van der Waals surface area contributed by atoms with Crippen LogP contribution in [0.15, 0.2) is 0 Å². The van der Waals surface area contributed by atoms with E-state index in [0.29, 0.717) is 16.8 Å². The van der Waals surface area contributed by atoms with Gasteiger partial charge in [0, 0.05) is 17.3 Å². The van der Waals surface area contributed by atoms with Crippen LogP contribution in [0, 0.1) is 5.92 Å². The smallest absolute Gasteiger partial charge is 0.220 e. The van der Waals surface area contributed by atoms with Crippen molar-refractivity contribution in [2.45, 2.75) is 62.2 Å². The topological polar surface area (TPSA) is 29.1 Å². The van der Waals surface area contributed by atoms with Gasteiger partial charge >= 0.3 is 0 Å². The van der Waals surface area contributed by atoms with E-state index < -0.39 is 0 Å². The normalized spacial score (nSPS) is 32.1. The lowest BCUT2D eigenvalue weighted by atomic mass is 9.82. The highest BCUT2D eigenvalue weighted by Crippen LogP contribution is 2.30. The Hall–Kier alpha value is -0.0500. The van der Waals surface area contributed by atoms with Crippen LogP contribution in [0.2, 0.25) is 0 Å². The fraction of sp³-hybridized carbons (Fsp3) is 0.917. The number of rotatable bonds is 3. The quantitative estimate of drug-likeness (QED) is 0.787. The van der Waals surface area contributed by atoms with Gasteiger partial charge < -0.3 is 5.32 Å². The maximum absolute atomic E-state index is 11.7. The van der Waals surface area contributed by atoms with Crippen molar-refractivity contribution in [1.82, 2.24) is 5.32 Å². The molecule has 2 aliphatic rings. The van der Waals surface area contributed by atoms with Crippen molar-refractivity contribution in [2.24, 2.45) is 5.92 Å². The van der Waals surface area contributed by atoms with Gasteiger partial charge in [-0.3, -0.25) is 4.79 Å². The average Bonchev–Trinajstić information content (AvgIpc) is 2.16. The van der Waals surface area contributed by atoms with Gasteiger partial charge in [-0.15, -0.1) is 0 Å². The first kappa shape index (κ1) is 11.4. The third-order valence-electron chi connectivity index (χ3n) is 3.73. The van der Waals surface area contributed by atoms with E-state index in [2.05, 4.69) is 21.2 Å². The van der Waals surface area contributed by atoms with Gasteiger partial charge in [0.05, 0.1) is 0 Å². The molecule has 0 aromatic carbocycles. The highest BCUT2D eigenvalue weighted by Gasteiger charge is 2.26. The van der Waals surface area contributed by atoms with E-state index in [1.54, 1.807) is 0 Å². The lowest BCUT2D eigenvalue weighted by Gasteiger charge is -2.30. The number of carbonyl (C=O) groups excluding carboxylic acids is 1. The molecular formula is C12H20BrNO. The van der Waals surface area contributed by atoms with Crippen molar-refractivity contribution < 1.29 is 4.79 Å². The van der Waals surface area contributed by atoms with Crippen LogP contribution in [0.5, 0.6) is 0 Å². The molecule has 0 radical (unpaired) electrons. The molecule has 0 spiro atoms. The second-order valence-electron chi connectivity index (χ2n) is 4.98. The number of hydrogen-bond donors (Lipinski definition) is 1. The summed E-state index contributed by atoms with van der Waals surface area (Å²) in [4.78, 5) is 12.2. The zero-order chi connectivity index (χ0) is 10.7. The van der Waals surface area contributed by atoms with Crippen LogP contribution in [0.3, 0.4) is 0 Å². The lowest BCUT2D eigenvalue weighted by Crippen LogP contribution is -2.43. The SMILES string of the molecule is O=C(CC1CCC1)NC1CCCCC1Br. The predicted octanol–water partition coefficient (Wildman–Crippen LogP) is 3.00. The average molecular weight is 274 g/mol. The van der Waals surface area contributed by atoms with E-state index in [0.717, 1.165) is 12.8 Å². The molecule has 2 rings (SSSR count). The van der Waals surface area contributed by atoms with Crippen molar-refractivity contribution in [2.75, 3.05) is 0 Å². The van der Waals surface area contributed by atoms with Crippen LogP contribution in [-0.4, -0.2) is 16.8 Å². The number of hydrogen-bond acceptors (Lipinski definition) is 1. The minimum absolute atomic E-state index is 0.274. The molecule has 2 unspecified atom stereocenters. The third-order valence-corrected chi connectivity index (χ3v) is 4.82. The van der Waals surface area contributed by atoms with E-state index in [9.17, 15) is 4.79 Å². The standard InChI is InChI=1S/C12H20BrNO/c13-10-6-1-2-7-11(10)14-12(15)8-9-4-3-5-9/h9-11H,1-8H2,(H,14,15). The molecule has 15 heavy (non-hydrogen) atoms. The van der Waals surface area contributed by atoms with E-state index in [1.165, 1.54) is 38.5 Å². The summed E-state index contributed by atoms with van der Waals surface area (Å²) in [5.74, 6) is 0.957. The molecule has 1 N–H and O–H groups in total. The highest BCUT2D eigenvalue weighted by atomic mass is 79.9. The number of halogens is 1. The van der Waals surface area contributed by atoms with Crippen molar-refractivity contribution in [1.29, 1.82) is 0 Å². The van der Waals surface area contributed by atoms with Crippen LogP contribution in [0.4, 0.5) is 0 Å². The van der Waals surface area contributed by atoms with Crippen molar-refractivity contribution in [3.63, 3.8) is 0 Å². The molecule has 2 aliphatic carbocycles. The fourth-order valence-electron chi connectivity index (χ4n) is 2.47. The van der Waals surface area contributed by atoms with Crippen LogP contribution in [0.1, 0.15) is 51.4 Å². The lowest BCUT2D eigenvalue weighted by molar-refractivity contribution is -0.123. The molecule has 0 aliphatic heterocycles. The van der Waals surface area contributed by atoms with E-state index in [4.69, 9.17) is 0 Å². The molecule has 0 aromatic heterocycles. The van der Waals surface area contributed by atoms with Gasteiger partial charge in [-0.1, -0.05) is 35.2 Å². The first-order chi connectivity index (χ1) is 7.25. The summed E-state index contributed by atoms with van der Waals surface area (Å²) in [6, 6.07) is 0.381. The molecule has 2 saturated carbocycles. The van der Waals surface area contributed by atoms with Gasteiger partial charge in [0.2, 0.25) is 5.91 Å². The number of carbonyl (C=O) groups is 1. The number of nitrogens with one attached hydrogen (secondary N) is 1. The summed E-state index contributed by atoms with van der Waals surface area (Å²) in [5, 5.41) is 3.18. The Morgan fingerprint density at radius 2 is 1.87 bits per heavy atom. The van der Waals surface area contributed by atoms with Gasteiger partial charge in [-0.25, -0.2) is 0 Å². The Morgan fingerprint density at radius 3 is 2.47 bits per heavy atom. The van der Waals surface area contributed by atoms with Crippen molar-refractivity contribution in [3.05, 3.63) is 0 Å². The maximum atomic E-state index is 11.7. The number of alkyl halides is 1. The number of amides is 1. The minimum Gasteiger partial charge on any atom is -0.352 e. The summed E-state index contributed by atoms with van der Waals surface area (Å²) >= 11 is 3.67. The second kappa shape index (κ2) is 5.33. The van der Waals surface area contributed by atoms with Gasteiger partial charge in [-0.05, 0) is 31.6 Å². The maximum Gasteiger partial charge on any atom is 0.220 e. The van der Waals surface area contributed by atoms with Crippen LogP contribution in [-0.2, 0) is 4.79 Å². The molecular weight excluding hydrogens is 254 g/mol. The van der Waals surface area contributed by atoms with Crippen LogP contribution < -0.4 is 5.32 Å². The van der Waals surface area contributed by atoms with Crippen LogP contribution >= 0.6 is 15.9 Å². The molecule has 86 valence electrons. The predicted molar refractivity (Wildman–Crippen MR) is 65.1 cm³/mol. The summed E-state index contributed by atoms with van der Waals surface area (Å²) in [6.45, 7) is 0. The summed E-state index contributed by atoms with van der Waals surface area (Å²) in [7, 11) is 0. The Balaban J connectivity index is 1.71. The third kappa shape index (κ3) is 3.20. The summed E-state index contributed by atoms with van der Waals surface area (Å²) in [6.07, 6.45) is 9.51. The van der Waals surface area contributed by atoms with E-state index in [-0.39, 0.29) is 5.91 Å².